The molecule has 0 aliphatic rings. The fraction of sp³-hybridized carbons (Fsp3) is 0.400. The van der Waals surface area contributed by atoms with Gasteiger partial charge in [-0.2, -0.15) is 5.10 Å². The summed E-state index contributed by atoms with van der Waals surface area (Å²) in [4.78, 5) is 23.0. The molecule has 0 spiro atoms. The van der Waals surface area contributed by atoms with Crippen molar-refractivity contribution in [1.29, 1.82) is 0 Å². The second kappa shape index (κ2) is 7.42. The van der Waals surface area contributed by atoms with Gasteiger partial charge >= 0.3 is 11.8 Å². The average Bonchev–Trinajstić information content (AvgIpc) is 2.39. The van der Waals surface area contributed by atoms with E-state index in [1.165, 1.54) is 6.21 Å². The van der Waals surface area contributed by atoms with Gasteiger partial charge < -0.3 is 10.1 Å². The number of benzene rings is 1. The second-order valence-corrected chi connectivity index (χ2v) is 5.41. The molecule has 0 saturated heterocycles. The van der Waals surface area contributed by atoms with Crippen molar-refractivity contribution in [1.82, 2.24) is 10.7 Å². The van der Waals surface area contributed by atoms with E-state index in [1.807, 2.05) is 6.92 Å². The van der Waals surface area contributed by atoms with Crippen molar-refractivity contribution in [3.05, 3.63) is 29.8 Å². The summed E-state index contributed by atoms with van der Waals surface area (Å²) in [6.07, 6.45) is 1.46. The van der Waals surface area contributed by atoms with E-state index in [0.717, 1.165) is 11.3 Å². The van der Waals surface area contributed by atoms with Crippen molar-refractivity contribution in [2.75, 3.05) is 6.61 Å². The molecule has 0 fully saturated rings. The summed E-state index contributed by atoms with van der Waals surface area (Å²) in [6.45, 7) is 7.89. The molecule has 0 atom stereocenters. The number of rotatable bonds is 4. The Kier molecular flexibility index (Phi) is 5.90. The van der Waals surface area contributed by atoms with Crippen LogP contribution >= 0.6 is 0 Å². The number of carbonyl (C=O) groups excluding carboxylic acids is 2. The van der Waals surface area contributed by atoms with Crippen LogP contribution < -0.4 is 15.5 Å². The van der Waals surface area contributed by atoms with Gasteiger partial charge in [0.1, 0.15) is 5.75 Å². The molecule has 1 aromatic carbocycles. The Balaban J connectivity index is 2.50. The van der Waals surface area contributed by atoms with Crippen molar-refractivity contribution < 1.29 is 14.3 Å². The fourth-order valence-corrected chi connectivity index (χ4v) is 1.43. The zero-order valence-electron chi connectivity index (χ0n) is 12.8. The van der Waals surface area contributed by atoms with Gasteiger partial charge in [-0.1, -0.05) is 0 Å². The number of nitrogens with one attached hydrogen (secondary N) is 2. The SMILES string of the molecule is CCOc1ccc(C=NNC(=O)C(=O)NC(C)(C)C)cc1. The molecular weight excluding hydrogens is 270 g/mol. The molecule has 1 aromatic rings. The number of hydrazone groups is 1. The molecule has 0 bridgehead atoms. The maximum atomic E-state index is 11.5. The topological polar surface area (TPSA) is 79.8 Å². The van der Waals surface area contributed by atoms with Gasteiger partial charge in [-0.25, -0.2) is 5.43 Å². The van der Waals surface area contributed by atoms with Crippen molar-refractivity contribution >= 4 is 18.0 Å². The van der Waals surface area contributed by atoms with Gasteiger partial charge in [0.2, 0.25) is 0 Å². The number of hydrogen-bond acceptors (Lipinski definition) is 4. The Labute approximate surface area is 124 Å². The first kappa shape index (κ1) is 16.7. The molecule has 2 N–H and O–H groups in total. The molecule has 0 saturated carbocycles. The van der Waals surface area contributed by atoms with Gasteiger partial charge in [0.25, 0.3) is 0 Å². The van der Waals surface area contributed by atoms with Crippen LogP contribution in [0.1, 0.15) is 33.3 Å². The highest BCUT2D eigenvalue weighted by Gasteiger charge is 2.19. The van der Waals surface area contributed by atoms with E-state index in [1.54, 1.807) is 45.0 Å². The van der Waals surface area contributed by atoms with Crippen molar-refractivity contribution in [2.24, 2.45) is 5.10 Å². The minimum Gasteiger partial charge on any atom is -0.494 e. The van der Waals surface area contributed by atoms with E-state index in [4.69, 9.17) is 4.74 Å². The number of carbonyl (C=O) groups is 2. The van der Waals surface area contributed by atoms with E-state index >= 15 is 0 Å². The lowest BCUT2D eigenvalue weighted by molar-refractivity contribution is -0.140. The zero-order valence-corrected chi connectivity index (χ0v) is 12.8. The van der Waals surface area contributed by atoms with Crippen LogP contribution in [-0.2, 0) is 9.59 Å². The van der Waals surface area contributed by atoms with Gasteiger partial charge in [-0.15, -0.1) is 0 Å². The minimum atomic E-state index is -0.799. The Hall–Kier alpha value is -2.37. The number of amides is 2. The van der Waals surface area contributed by atoms with Gasteiger partial charge in [-0.05, 0) is 57.5 Å². The van der Waals surface area contributed by atoms with Crippen LogP contribution in [0.15, 0.2) is 29.4 Å². The fourth-order valence-electron chi connectivity index (χ4n) is 1.43. The average molecular weight is 291 g/mol. The van der Waals surface area contributed by atoms with Crippen molar-refractivity contribution in [2.45, 2.75) is 33.2 Å². The normalized spacial score (nSPS) is 11.2. The summed E-state index contributed by atoms with van der Waals surface area (Å²) < 4.78 is 5.31. The van der Waals surface area contributed by atoms with Crippen LogP contribution in [0.5, 0.6) is 5.75 Å². The molecule has 0 aliphatic heterocycles. The Morgan fingerprint density at radius 2 is 1.81 bits per heavy atom. The van der Waals surface area contributed by atoms with Crippen LogP contribution in [0.3, 0.4) is 0 Å². The highest BCUT2D eigenvalue weighted by atomic mass is 16.5. The van der Waals surface area contributed by atoms with Crippen LogP contribution in [-0.4, -0.2) is 30.2 Å². The summed E-state index contributed by atoms with van der Waals surface area (Å²) in [5.41, 5.74) is 2.50. The molecule has 6 nitrogen and oxygen atoms in total. The predicted molar refractivity (Wildman–Crippen MR) is 81.2 cm³/mol. The summed E-state index contributed by atoms with van der Waals surface area (Å²) in [5.74, 6) is -0.748. The first-order valence-electron chi connectivity index (χ1n) is 6.70. The summed E-state index contributed by atoms with van der Waals surface area (Å²) in [5, 5.41) is 6.29. The van der Waals surface area contributed by atoms with E-state index < -0.39 is 17.4 Å². The lowest BCUT2D eigenvalue weighted by atomic mass is 10.1. The molecular formula is C15H21N3O3. The molecule has 0 heterocycles. The summed E-state index contributed by atoms with van der Waals surface area (Å²) in [6, 6.07) is 7.21. The van der Waals surface area contributed by atoms with Gasteiger partial charge in [0.15, 0.2) is 0 Å². The van der Waals surface area contributed by atoms with Gasteiger partial charge in [0, 0.05) is 5.54 Å². The lowest BCUT2D eigenvalue weighted by Gasteiger charge is -2.19. The monoisotopic (exact) mass is 291 g/mol. The molecule has 2 amide bonds. The molecule has 0 aromatic heterocycles. The molecule has 6 heteroatoms. The van der Waals surface area contributed by atoms with Crippen LogP contribution in [0, 0.1) is 0 Å². The third-order valence-corrected chi connectivity index (χ3v) is 2.27. The van der Waals surface area contributed by atoms with E-state index in [2.05, 4.69) is 15.8 Å². The third-order valence-electron chi connectivity index (χ3n) is 2.27. The van der Waals surface area contributed by atoms with Crippen molar-refractivity contribution in [3.8, 4) is 5.75 Å². The quantitative estimate of drug-likeness (QED) is 0.500. The number of ether oxygens (including phenoxy) is 1. The summed E-state index contributed by atoms with van der Waals surface area (Å²) in [7, 11) is 0. The highest BCUT2D eigenvalue weighted by Crippen LogP contribution is 2.10. The molecule has 0 radical (unpaired) electrons. The second-order valence-electron chi connectivity index (χ2n) is 5.41. The van der Waals surface area contributed by atoms with Crippen LogP contribution in [0.25, 0.3) is 0 Å². The smallest absolute Gasteiger partial charge is 0.329 e. The Morgan fingerprint density at radius 1 is 1.19 bits per heavy atom. The predicted octanol–water partition coefficient (Wildman–Crippen LogP) is 1.45. The molecule has 0 unspecified atom stereocenters. The first-order chi connectivity index (χ1) is 9.81. The first-order valence-corrected chi connectivity index (χ1v) is 6.70. The van der Waals surface area contributed by atoms with Gasteiger partial charge in [-0.3, -0.25) is 9.59 Å². The highest BCUT2D eigenvalue weighted by molar-refractivity contribution is 6.35. The van der Waals surface area contributed by atoms with Crippen LogP contribution in [0.2, 0.25) is 0 Å². The van der Waals surface area contributed by atoms with E-state index in [0.29, 0.717) is 6.61 Å². The Bertz CT molecular complexity index is 516. The zero-order chi connectivity index (χ0) is 15.9. The van der Waals surface area contributed by atoms with E-state index in [9.17, 15) is 9.59 Å². The lowest BCUT2D eigenvalue weighted by Crippen LogP contribution is -2.47. The molecule has 21 heavy (non-hydrogen) atoms. The molecule has 114 valence electrons. The molecule has 0 aliphatic carbocycles. The standard InChI is InChI=1S/C15H21N3O3/c1-5-21-12-8-6-11(7-9-12)10-16-18-14(20)13(19)17-15(2,3)4/h6-10H,5H2,1-4H3,(H,17,19)(H,18,20). The van der Waals surface area contributed by atoms with Crippen LogP contribution in [0.4, 0.5) is 0 Å². The summed E-state index contributed by atoms with van der Waals surface area (Å²) >= 11 is 0. The maximum Gasteiger partial charge on any atom is 0.329 e. The van der Waals surface area contributed by atoms with Crippen molar-refractivity contribution in [3.63, 3.8) is 0 Å². The number of hydrogen-bond donors (Lipinski definition) is 2. The Morgan fingerprint density at radius 3 is 2.33 bits per heavy atom. The third kappa shape index (κ3) is 6.56. The van der Waals surface area contributed by atoms with E-state index in [-0.39, 0.29) is 0 Å². The van der Waals surface area contributed by atoms with Gasteiger partial charge in [0.05, 0.1) is 12.8 Å². The molecule has 1 rings (SSSR count). The largest absolute Gasteiger partial charge is 0.494 e. The number of nitrogens with zero attached hydrogens (tertiary/aromatic N) is 1. The maximum absolute atomic E-state index is 11.5. The minimum absolute atomic E-state index is 0.465.